The molecule has 29 unspecified atom stereocenters. The Morgan fingerprint density at radius 2 is 0.708 bits per heavy atom. The molecule has 36 nitrogen and oxygen atoms in total. The van der Waals surface area contributed by atoms with Gasteiger partial charge in [-0.05, 0) is 83.1 Å². The van der Waals surface area contributed by atoms with Gasteiger partial charge in [-0.2, -0.15) is 0 Å². The van der Waals surface area contributed by atoms with E-state index in [1.807, 2.05) is 13.8 Å². The van der Waals surface area contributed by atoms with Crippen molar-refractivity contribution in [2.75, 3.05) is 60.0 Å². The quantitative estimate of drug-likeness (QED) is 0.0519. The number of rotatable bonds is 11. The van der Waals surface area contributed by atoms with Crippen LogP contribution in [0.3, 0.4) is 0 Å². The molecule has 29 atom stereocenters. The van der Waals surface area contributed by atoms with E-state index in [0.29, 0.717) is 13.2 Å². The Morgan fingerprint density at radius 1 is 0.427 bits per heavy atom. The predicted octanol–water partition coefficient (Wildman–Crippen LogP) is -10.5. The number of carbonyl (C=O) groups excluding carboxylic acids is 1. The normalized spacial score (nSPS) is 43.6. The van der Waals surface area contributed by atoms with Gasteiger partial charge >= 0.3 is 5.97 Å². The van der Waals surface area contributed by atoms with Crippen molar-refractivity contribution in [3.63, 3.8) is 0 Å². The smallest absolute Gasteiger partial charge is 0.302 e. The van der Waals surface area contributed by atoms with Gasteiger partial charge in [-0.3, -0.25) is 4.79 Å². The summed E-state index contributed by atoms with van der Waals surface area (Å²) in [7, 11) is 1.49. The Kier molecular flexibility index (Phi) is 35.5. The standard InChI is InChI=1S/C11H21NO4.C10H19NO5.C9H19NO4.3C8H17NO4.C6H11NO4/c1-4-5-15-6-7-8(13)9(14)10(12)11(2,3)16-7;1-5(12)15-4-6-7(13)8(14)9(11)10(2,3)16-6;1-9(2)8(10)7(13-3)6(12)5(4-11)14-9;3*1-8(2)7(9)6(12)5(11)4(3-10)13-8;7-3-5(9)4(8)2-1-10-6(3)11-2/h4,7-10,13-14H,1,5-6,12H2,2-3H3;6-9,13-14H,4,11H2,1-3H3;5-8,11-12H,4,10H2,1-3H3;3*4-7,10-12H,3,9H2,1-2H3;2-6,8-9H,1,7H2. The summed E-state index contributed by atoms with van der Waals surface area (Å²) in [4.78, 5) is 10.7. The lowest BCUT2D eigenvalue weighted by Gasteiger charge is -2.47. The van der Waals surface area contributed by atoms with E-state index in [1.165, 1.54) is 14.0 Å². The van der Waals surface area contributed by atoms with Crippen molar-refractivity contribution < 1.29 is 144 Å². The highest BCUT2D eigenvalue weighted by molar-refractivity contribution is 5.65. The van der Waals surface area contributed by atoms with Crippen LogP contribution in [0.2, 0.25) is 0 Å². The van der Waals surface area contributed by atoms with E-state index in [1.54, 1.807) is 75.3 Å². The molecule has 8 rings (SSSR count). The number of aliphatic hydroxyl groups excluding tert-OH is 17. The van der Waals surface area contributed by atoms with Crippen LogP contribution >= 0.6 is 0 Å². The van der Waals surface area contributed by atoms with Crippen molar-refractivity contribution in [3.05, 3.63) is 12.7 Å². The molecule has 31 N–H and O–H groups in total. The van der Waals surface area contributed by atoms with Crippen LogP contribution in [0, 0.1) is 0 Å². The van der Waals surface area contributed by atoms with Crippen LogP contribution in [0.5, 0.6) is 0 Å². The third-order valence-corrected chi connectivity index (χ3v) is 18.2. The fourth-order valence-corrected chi connectivity index (χ4v) is 11.3. The summed E-state index contributed by atoms with van der Waals surface area (Å²) < 4.78 is 57.9. The molecule has 0 aromatic carbocycles. The van der Waals surface area contributed by atoms with Gasteiger partial charge in [-0.1, -0.05) is 6.08 Å². The van der Waals surface area contributed by atoms with Crippen LogP contribution in [0.25, 0.3) is 0 Å². The van der Waals surface area contributed by atoms with E-state index in [0.717, 1.165) is 0 Å². The Balaban J connectivity index is 0.000000382. The molecule has 8 saturated heterocycles. The second kappa shape index (κ2) is 37.9. The van der Waals surface area contributed by atoms with Crippen molar-refractivity contribution >= 4 is 5.97 Å². The molecular weight excluding hydrogens is 1280 g/mol. The SMILES string of the molecule is C=CCOCC1OC(C)(C)C(N)C(O)C1O.CC(=O)OCC1OC(C)(C)C(N)C(O)C1O.CC1(C)OC(CO)C(O)C(O)C1N.CC1(C)OC(CO)C(O)C(O)C1N.CC1(C)OC(CO)C(O)C(O)C1N.COC1C(O)C(CO)OC(C)(C)C1N.NC1C2OCC(O2)C(O)C1O. The number of esters is 1. The van der Waals surface area contributed by atoms with Gasteiger partial charge in [0.2, 0.25) is 0 Å². The summed E-state index contributed by atoms with van der Waals surface area (Å²) in [5, 5.41) is 160. The van der Waals surface area contributed by atoms with Gasteiger partial charge in [0, 0.05) is 14.0 Å². The highest BCUT2D eigenvalue weighted by Crippen LogP contribution is 2.34. The monoisotopic (exact) mass is 1400 g/mol. The molecule has 0 aromatic rings. The molecule has 8 fully saturated rings. The minimum Gasteiger partial charge on any atom is -0.463 e. The van der Waals surface area contributed by atoms with Crippen LogP contribution in [0.15, 0.2) is 12.7 Å². The van der Waals surface area contributed by atoms with Crippen LogP contribution in [-0.4, -0.2) is 363 Å². The fraction of sp³-hybridized carbons (Fsp3) is 0.950. The third-order valence-electron chi connectivity index (χ3n) is 18.2. The van der Waals surface area contributed by atoms with Crippen molar-refractivity contribution in [1.82, 2.24) is 0 Å². The molecule has 0 aromatic heterocycles. The zero-order valence-electron chi connectivity index (χ0n) is 57.7. The Bertz CT molecular complexity index is 2150. The van der Waals surface area contributed by atoms with Crippen LogP contribution in [0.4, 0.5) is 0 Å². The Hall–Kier alpha value is -2.15. The maximum atomic E-state index is 10.7. The van der Waals surface area contributed by atoms with E-state index in [9.17, 15) is 71.2 Å². The van der Waals surface area contributed by atoms with Crippen LogP contribution in [-0.2, 0) is 56.9 Å². The summed E-state index contributed by atoms with van der Waals surface area (Å²) >= 11 is 0. The number of ether oxygens (including phenoxy) is 11. The molecule has 2 bridgehead atoms. The van der Waals surface area contributed by atoms with E-state index < -0.39 is 216 Å². The lowest BCUT2D eigenvalue weighted by molar-refractivity contribution is -0.227. The molecule has 570 valence electrons. The molecule has 0 spiro atoms. The van der Waals surface area contributed by atoms with Crippen molar-refractivity contribution in [2.24, 2.45) is 40.1 Å². The summed E-state index contributed by atoms with van der Waals surface area (Å²) in [5.74, 6) is -0.460. The first kappa shape index (κ1) is 89.9. The van der Waals surface area contributed by atoms with Crippen molar-refractivity contribution in [3.8, 4) is 0 Å². The molecule has 96 heavy (non-hydrogen) atoms. The van der Waals surface area contributed by atoms with Crippen LogP contribution in [0.1, 0.15) is 90.0 Å². The number of carbonyl (C=O) groups is 1. The lowest BCUT2D eigenvalue weighted by Crippen LogP contribution is -2.66. The molecule has 8 aliphatic heterocycles. The minimum atomic E-state index is -1.15. The second-order valence-electron chi connectivity index (χ2n) is 28.1. The second-order valence-corrected chi connectivity index (χ2v) is 28.1. The first-order valence-electron chi connectivity index (χ1n) is 31.7. The molecule has 0 saturated carbocycles. The largest absolute Gasteiger partial charge is 0.463 e. The minimum absolute atomic E-state index is 0.0935. The predicted molar refractivity (Wildman–Crippen MR) is 339 cm³/mol. The number of aliphatic hydroxyl groups is 17. The number of nitrogens with two attached hydrogens (primary N) is 7. The van der Waals surface area contributed by atoms with Gasteiger partial charge in [0.25, 0.3) is 0 Å². The average Bonchev–Trinajstić information content (AvgIpc) is 1.35. The number of fused-ring (bicyclic) bond motifs is 2. The van der Waals surface area contributed by atoms with E-state index in [4.69, 9.17) is 113 Å². The molecule has 8 heterocycles. The zero-order chi connectivity index (χ0) is 74.5. The highest BCUT2D eigenvalue weighted by atomic mass is 16.7. The summed E-state index contributed by atoms with van der Waals surface area (Å²) in [6.45, 7) is 25.3. The first-order chi connectivity index (χ1) is 44.0. The number of hydrogen-bond acceptors (Lipinski definition) is 36. The van der Waals surface area contributed by atoms with Crippen molar-refractivity contribution in [2.45, 2.75) is 300 Å². The third kappa shape index (κ3) is 23.2. The number of methoxy groups -OCH3 is 1. The maximum Gasteiger partial charge on any atom is 0.302 e. The van der Waals surface area contributed by atoms with Crippen LogP contribution < -0.4 is 40.1 Å². The first-order valence-corrected chi connectivity index (χ1v) is 31.7. The summed E-state index contributed by atoms with van der Waals surface area (Å²) in [6.07, 6.45) is -17.6. The van der Waals surface area contributed by atoms with E-state index >= 15 is 0 Å². The molecule has 8 aliphatic rings. The maximum absolute atomic E-state index is 10.7. The topological polar surface area (TPSA) is 645 Å². The number of hydrogen-bond donors (Lipinski definition) is 24. The summed E-state index contributed by atoms with van der Waals surface area (Å²) in [6, 6.07) is -4.29. The van der Waals surface area contributed by atoms with Gasteiger partial charge < -0.3 is 179 Å². The fourth-order valence-electron chi connectivity index (χ4n) is 11.3. The molecule has 0 radical (unpaired) electrons. The van der Waals surface area contributed by atoms with E-state index in [2.05, 4.69) is 6.58 Å². The lowest BCUT2D eigenvalue weighted by atomic mass is 9.86. The highest BCUT2D eigenvalue weighted by Gasteiger charge is 2.53. The molecular formula is C60H121N7O29. The molecule has 0 aliphatic carbocycles. The van der Waals surface area contributed by atoms with Gasteiger partial charge in [0.05, 0.1) is 122 Å². The Labute approximate surface area is 561 Å². The van der Waals surface area contributed by atoms with Gasteiger partial charge in [0.1, 0.15) is 135 Å². The van der Waals surface area contributed by atoms with Gasteiger partial charge in [-0.25, -0.2) is 0 Å². The van der Waals surface area contributed by atoms with Crippen molar-refractivity contribution in [1.29, 1.82) is 0 Å². The average molecular weight is 1400 g/mol. The van der Waals surface area contributed by atoms with Gasteiger partial charge in [-0.15, -0.1) is 6.58 Å². The Morgan fingerprint density at radius 3 is 1.00 bits per heavy atom. The summed E-state index contributed by atoms with van der Waals surface area (Å²) in [5.41, 5.74) is 35.6. The molecule has 36 heteroatoms. The van der Waals surface area contributed by atoms with Gasteiger partial charge in [0.15, 0.2) is 6.29 Å². The zero-order valence-corrected chi connectivity index (χ0v) is 57.7. The molecule has 0 amide bonds. The van der Waals surface area contributed by atoms with E-state index in [-0.39, 0.29) is 39.6 Å².